The summed E-state index contributed by atoms with van der Waals surface area (Å²) in [6.45, 7) is 0. The lowest BCUT2D eigenvalue weighted by Gasteiger charge is -2.30. The van der Waals surface area contributed by atoms with Gasteiger partial charge in [0.2, 0.25) is 11.8 Å². The summed E-state index contributed by atoms with van der Waals surface area (Å²) in [5.41, 5.74) is 0.783. The van der Waals surface area contributed by atoms with Crippen LogP contribution in [0.4, 0.5) is 10.1 Å². The highest BCUT2D eigenvalue weighted by Gasteiger charge is 2.56. The quantitative estimate of drug-likeness (QED) is 0.613. The molecule has 9 heteroatoms. The number of phenols is 1. The topological polar surface area (TPSA) is 90.5 Å². The van der Waals surface area contributed by atoms with Crippen LogP contribution >= 0.6 is 23.1 Å². The fourth-order valence-corrected chi connectivity index (χ4v) is 6.45. The van der Waals surface area contributed by atoms with Crippen LogP contribution in [0.15, 0.2) is 58.4 Å². The van der Waals surface area contributed by atoms with E-state index < -0.39 is 34.7 Å². The molecule has 0 unspecified atom stereocenters. The highest BCUT2D eigenvalue weighted by atomic mass is 32.2. The van der Waals surface area contributed by atoms with Crippen molar-refractivity contribution in [3.05, 3.63) is 74.5 Å². The number of hydrogen-bond donors (Lipinski definition) is 2. The Kier molecular flexibility index (Phi) is 4.11. The molecule has 146 valence electrons. The number of rotatable bonds is 2. The first-order chi connectivity index (χ1) is 14.0. The van der Waals surface area contributed by atoms with E-state index in [4.69, 9.17) is 0 Å². The minimum Gasteiger partial charge on any atom is -0.508 e. The number of aromatic nitrogens is 1. The molecule has 0 radical (unpaired) electrons. The molecular formula is C20H13FN2O4S2. The molecule has 0 aliphatic carbocycles. The van der Waals surface area contributed by atoms with Gasteiger partial charge in [0, 0.05) is 16.4 Å². The van der Waals surface area contributed by atoms with Gasteiger partial charge in [-0.05, 0) is 30.3 Å². The van der Waals surface area contributed by atoms with Crippen LogP contribution in [0, 0.1) is 11.7 Å². The van der Waals surface area contributed by atoms with Gasteiger partial charge in [-0.15, -0.1) is 0 Å². The maximum absolute atomic E-state index is 13.4. The van der Waals surface area contributed by atoms with Gasteiger partial charge in [-0.3, -0.25) is 14.4 Å². The molecule has 3 aromatic rings. The SMILES string of the molecule is O=C1[C@H]2[C@H](c3ccccc3O)c3sc(=O)[nH]c3S[C@H]2C(=O)N1c1ccc(F)cc1. The zero-order valence-corrected chi connectivity index (χ0v) is 16.3. The van der Waals surface area contributed by atoms with Crippen LogP contribution in [0.25, 0.3) is 0 Å². The number of para-hydroxylation sites is 1. The average molecular weight is 428 g/mol. The molecule has 3 heterocycles. The van der Waals surface area contributed by atoms with Crippen molar-refractivity contribution < 1.29 is 19.1 Å². The van der Waals surface area contributed by atoms with E-state index in [9.17, 15) is 23.9 Å². The number of carbonyl (C=O) groups excluding carboxylic acids is 2. The second kappa shape index (κ2) is 6.57. The van der Waals surface area contributed by atoms with Crippen molar-refractivity contribution in [2.45, 2.75) is 16.2 Å². The van der Waals surface area contributed by atoms with Crippen LogP contribution < -0.4 is 9.77 Å². The molecule has 2 aromatic carbocycles. The molecule has 2 N–H and O–H groups in total. The van der Waals surface area contributed by atoms with Crippen molar-refractivity contribution in [1.29, 1.82) is 0 Å². The largest absolute Gasteiger partial charge is 0.508 e. The summed E-state index contributed by atoms with van der Waals surface area (Å²) < 4.78 is 13.3. The van der Waals surface area contributed by atoms with Crippen LogP contribution in [0.3, 0.4) is 0 Å². The van der Waals surface area contributed by atoms with E-state index >= 15 is 0 Å². The standard InChI is InChI=1S/C20H13FN2O4S2/c21-9-5-7-10(8-6-9)23-18(25)14-13(11-3-1-2-4-12(11)24)15-17(22-20(27)29-15)28-16(14)19(23)26/h1-8,13-14,16,24H,(H,22,27)/t13-,14-,16+/m0/s1. The summed E-state index contributed by atoms with van der Waals surface area (Å²) >= 11 is 2.13. The highest BCUT2D eigenvalue weighted by molar-refractivity contribution is 8.00. The third kappa shape index (κ3) is 2.72. The van der Waals surface area contributed by atoms with Gasteiger partial charge < -0.3 is 10.1 Å². The zero-order valence-electron chi connectivity index (χ0n) is 14.7. The fraction of sp³-hybridized carbons (Fsp3) is 0.150. The fourth-order valence-electron chi connectivity index (χ4n) is 3.95. The molecule has 0 bridgehead atoms. The number of anilines is 1. The number of hydrogen-bond acceptors (Lipinski definition) is 6. The molecule has 0 spiro atoms. The normalized spacial score (nSPS) is 23.2. The smallest absolute Gasteiger partial charge is 0.305 e. The second-order valence-electron chi connectivity index (χ2n) is 6.80. The van der Waals surface area contributed by atoms with E-state index in [1.165, 1.54) is 30.3 Å². The van der Waals surface area contributed by atoms with Crippen LogP contribution in [0.2, 0.25) is 0 Å². The number of amides is 2. The first-order valence-corrected chi connectivity index (χ1v) is 10.5. The van der Waals surface area contributed by atoms with Gasteiger partial charge in [-0.1, -0.05) is 41.3 Å². The molecule has 1 saturated heterocycles. The Balaban J connectivity index is 1.67. The van der Waals surface area contributed by atoms with Crippen molar-refractivity contribution in [3.63, 3.8) is 0 Å². The lowest BCUT2D eigenvalue weighted by molar-refractivity contribution is -0.122. The Bertz CT molecular complexity index is 1200. The van der Waals surface area contributed by atoms with E-state index in [1.807, 2.05) is 0 Å². The van der Waals surface area contributed by atoms with Crippen molar-refractivity contribution in [3.8, 4) is 5.75 Å². The van der Waals surface area contributed by atoms with Gasteiger partial charge in [0.1, 0.15) is 16.8 Å². The van der Waals surface area contributed by atoms with Crippen molar-refractivity contribution >= 4 is 40.6 Å². The molecule has 29 heavy (non-hydrogen) atoms. The molecule has 1 aromatic heterocycles. The molecule has 6 nitrogen and oxygen atoms in total. The van der Waals surface area contributed by atoms with E-state index in [2.05, 4.69) is 4.98 Å². The van der Waals surface area contributed by atoms with Crippen molar-refractivity contribution in [1.82, 2.24) is 4.98 Å². The summed E-state index contributed by atoms with van der Waals surface area (Å²) in [4.78, 5) is 42.7. The number of nitrogens with zero attached hydrogens (tertiary/aromatic N) is 1. The number of aromatic hydroxyl groups is 1. The number of fused-ring (bicyclic) bond motifs is 2. The number of benzene rings is 2. The van der Waals surface area contributed by atoms with Gasteiger partial charge in [-0.2, -0.15) is 0 Å². The van der Waals surface area contributed by atoms with Gasteiger partial charge >= 0.3 is 4.87 Å². The number of aromatic amines is 1. The monoisotopic (exact) mass is 428 g/mol. The van der Waals surface area contributed by atoms with Gasteiger partial charge in [0.05, 0.1) is 16.6 Å². The molecule has 1 fully saturated rings. The maximum Gasteiger partial charge on any atom is 0.305 e. The lowest BCUT2D eigenvalue weighted by atomic mass is 9.82. The third-order valence-corrected chi connectivity index (χ3v) is 7.58. The Morgan fingerprint density at radius 3 is 2.45 bits per heavy atom. The Morgan fingerprint density at radius 1 is 1.00 bits per heavy atom. The van der Waals surface area contributed by atoms with Crippen LogP contribution in [-0.2, 0) is 9.59 Å². The minimum absolute atomic E-state index is 0.00423. The van der Waals surface area contributed by atoms with Crippen LogP contribution in [0.1, 0.15) is 16.4 Å². The first-order valence-electron chi connectivity index (χ1n) is 8.76. The molecule has 3 atom stereocenters. The second-order valence-corrected chi connectivity index (χ2v) is 8.96. The number of halogens is 1. The summed E-state index contributed by atoms with van der Waals surface area (Å²) in [5.74, 6) is -2.75. The highest BCUT2D eigenvalue weighted by Crippen LogP contribution is 2.54. The summed E-state index contributed by atoms with van der Waals surface area (Å²) in [7, 11) is 0. The number of thioether (sulfide) groups is 1. The number of thiazole rings is 1. The summed E-state index contributed by atoms with van der Waals surface area (Å²) in [5, 5.41) is 10.2. The van der Waals surface area contributed by atoms with E-state index in [-0.39, 0.29) is 10.6 Å². The Hall–Kier alpha value is -2.91. The van der Waals surface area contributed by atoms with Crippen molar-refractivity contribution in [2.75, 3.05) is 4.90 Å². The number of H-pyrrole nitrogens is 1. The van der Waals surface area contributed by atoms with Gasteiger partial charge in [-0.25, -0.2) is 9.29 Å². The third-order valence-electron chi connectivity index (χ3n) is 5.18. The molecule has 2 aliphatic heterocycles. The van der Waals surface area contributed by atoms with Crippen molar-refractivity contribution in [2.24, 2.45) is 5.92 Å². The maximum atomic E-state index is 13.4. The minimum atomic E-state index is -0.787. The zero-order chi connectivity index (χ0) is 20.3. The average Bonchev–Trinajstić information content (AvgIpc) is 3.19. The number of nitrogens with one attached hydrogen (secondary N) is 1. The Labute approximate surface area is 172 Å². The van der Waals surface area contributed by atoms with Crippen LogP contribution in [0.5, 0.6) is 5.75 Å². The lowest BCUT2D eigenvalue weighted by Crippen LogP contribution is -2.32. The molecular weight excluding hydrogens is 415 g/mol. The van der Waals surface area contributed by atoms with E-state index in [1.54, 1.807) is 18.2 Å². The molecule has 5 rings (SSSR count). The first kappa shape index (κ1) is 18.1. The molecule has 2 amide bonds. The molecule has 0 saturated carbocycles. The number of carbonyl (C=O) groups is 2. The summed E-state index contributed by atoms with van der Waals surface area (Å²) in [6.07, 6.45) is 0. The van der Waals surface area contributed by atoms with E-state index in [0.29, 0.717) is 21.2 Å². The molecule has 2 aliphatic rings. The van der Waals surface area contributed by atoms with E-state index in [0.717, 1.165) is 28.0 Å². The van der Waals surface area contributed by atoms with Crippen LogP contribution in [-0.4, -0.2) is 27.2 Å². The predicted octanol–water partition coefficient (Wildman–Crippen LogP) is 3.08. The Morgan fingerprint density at radius 2 is 1.72 bits per heavy atom. The van der Waals surface area contributed by atoms with Gasteiger partial charge in [0.15, 0.2) is 0 Å². The van der Waals surface area contributed by atoms with Gasteiger partial charge in [0.25, 0.3) is 0 Å². The predicted molar refractivity (Wildman–Crippen MR) is 107 cm³/mol. The number of phenolic OH excluding ortho intramolecular Hbond substituents is 1. The number of imide groups is 1. The summed E-state index contributed by atoms with van der Waals surface area (Å²) in [6, 6.07) is 11.8.